The standard InChI is InChI=1S/C14H25N3O/c1-14(2,15-11-18)13(12-5-4-6-12)17-9-7-16(3)8-10-17/h11H,4-10H2,1-3H3,(H,15,18). The van der Waals surface area contributed by atoms with E-state index >= 15 is 0 Å². The smallest absolute Gasteiger partial charge is 0.207 e. The van der Waals surface area contributed by atoms with E-state index in [2.05, 4.69) is 36.0 Å². The van der Waals surface area contributed by atoms with Gasteiger partial charge in [-0.2, -0.15) is 0 Å². The van der Waals surface area contributed by atoms with Crippen LogP contribution in [0.25, 0.3) is 0 Å². The predicted molar refractivity (Wildman–Crippen MR) is 73.2 cm³/mol. The largest absolute Gasteiger partial charge is 0.370 e. The van der Waals surface area contributed by atoms with Gasteiger partial charge in [0.1, 0.15) is 0 Å². The summed E-state index contributed by atoms with van der Waals surface area (Å²) < 4.78 is 0. The Morgan fingerprint density at radius 2 is 1.83 bits per heavy atom. The van der Waals surface area contributed by atoms with E-state index < -0.39 is 0 Å². The van der Waals surface area contributed by atoms with Gasteiger partial charge in [-0.3, -0.25) is 4.79 Å². The number of hydrogen-bond acceptors (Lipinski definition) is 3. The van der Waals surface area contributed by atoms with Crippen LogP contribution in [0.4, 0.5) is 0 Å². The zero-order chi connectivity index (χ0) is 13.2. The van der Waals surface area contributed by atoms with Crippen LogP contribution in [-0.2, 0) is 4.79 Å². The molecule has 0 aromatic carbocycles. The van der Waals surface area contributed by atoms with Gasteiger partial charge in [-0.05, 0) is 45.7 Å². The maximum atomic E-state index is 10.8. The van der Waals surface area contributed by atoms with Crippen molar-refractivity contribution in [3.05, 3.63) is 11.3 Å². The Morgan fingerprint density at radius 1 is 1.22 bits per heavy atom. The lowest BCUT2D eigenvalue weighted by Crippen LogP contribution is -2.53. The van der Waals surface area contributed by atoms with E-state index in [-0.39, 0.29) is 5.54 Å². The van der Waals surface area contributed by atoms with Crippen LogP contribution in [0.5, 0.6) is 0 Å². The maximum absolute atomic E-state index is 10.8. The Balaban J connectivity index is 2.19. The van der Waals surface area contributed by atoms with Crippen molar-refractivity contribution in [3.8, 4) is 0 Å². The van der Waals surface area contributed by atoms with Gasteiger partial charge in [0.2, 0.25) is 6.41 Å². The summed E-state index contributed by atoms with van der Waals surface area (Å²) >= 11 is 0. The molecule has 1 amide bonds. The van der Waals surface area contributed by atoms with Gasteiger partial charge in [0, 0.05) is 31.9 Å². The van der Waals surface area contributed by atoms with Crippen LogP contribution < -0.4 is 5.32 Å². The lowest BCUT2D eigenvalue weighted by atomic mass is 9.83. The molecule has 0 aromatic rings. The zero-order valence-electron chi connectivity index (χ0n) is 11.8. The Hall–Kier alpha value is -1.03. The number of amides is 1. The Bertz CT molecular complexity index is 335. The van der Waals surface area contributed by atoms with Gasteiger partial charge in [0.25, 0.3) is 0 Å². The monoisotopic (exact) mass is 251 g/mol. The van der Waals surface area contributed by atoms with Crippen molar-refractivity contribution < 1.29 is 4.79 Å². The molecule has 2 aliphatic rings. The molecule has 0 unspecified atom stereocenters. The van der Waals surface area contributed by atoms with E-state index in [1.54, 1.807) is 5.57 Å². The SMILES string of the molecule is CN1CCN(C(=C2CCC2)C(C)(C)NC=O)CC1. The highest BCUT2D eigenvalue weighted by Crippen LogP contribution is 2.35. The van der Waals surface area contributed by atoms with E-state index in [1.807, 2.05) is 0 Å². The van der Waals surface area contributed by atoms with E-state index in [1.165, 1.54) is 25.0 Å². The molecule has 18 heavy (non-hydrogen) atoms. The van der Waals surface area contributed by atoms with Gasteiger partial charge < -0.3 is 15.1 Å². The third-order valence-corrected chi connectivity index (χ3v) is 4.12. The van der Waals surface area contributed by atoms with Crippen LogP contribution in [-0.4, -0.2) is 55.0 Å². The van der Waals surface area contributed by atoms with E-state index in [9.17, 15) is 4.79 Å². The number of allylic oxidation sites excluding steroid dienone is 1. The summed E-state index contributed by atoms with van der Waals surface area (Å²) in [6.45, 7) is 8.57. The Morgan fingerprint density at radius 3 is 2.28 bits per heavy atom. The highest BCUT2D eigenvalue weighted by molar-refractivity contribution is 5.50. The molecule has 1 saturated heterocycles. The summed E-state index contributed by atoms with van der Waals surface area (Å²) in [5.74, 6) is 0. The summed E-state index contributed by atoms with van der Waals surface area (Å²) in [5, 5.41) is 2.99. The first-order valence-corrected chi connectivity index (χ1v) is 6.92. The number of rotatable bonds is 4. The minimum absolute atomic E-state index is 0.243. The lowest BCUT2D eigenvalue weighted by Gasteiger charge is -2.44. The van der Waals surface area contributed by atoms with Crippen LogP contribution in [0, 0.1) is 0 Å². The van der Waals surface area contributed by atoms with Crippen molar-refractivity contribution >= 4 is 6.41 Å². The van der Waals surface area contributed by atoms with Crippen LogP contribution in [0.2, 0.25) is 0 Å². The molecule has 1 saturated carbocycles. The van der Waals surface area contributed by atoms with Gasteiger partial charge >= 0.3 is 0 Å². The Kier molecular flexibility index (Phi) is 3.95. The number of piperazine rings is 1. The fourth-order valence-electron chi connectivity index (χ4n) is 2.90. The van der Waals surface area contributed by atoms with E-state index in [4.69, 9.17) is 0 Å². The van der Waals surface area contributed by atoms with Crippen molar-refractivity contribution in [2.24, 2.45) is 0 Å². The van der Waals surface area contributed by atoms with Crippen molar-refractivity contribution in [2.75, 3.05) is 33.2 Å². The second kappa shape index (κ2) is 5.31. The van der Waals surface area contributed by atoms with Gasteiger partial charge in [0.05, 0.1) is 5.54 Å². The number of carbonyl (C=O) groups is 1. The second-order valence-electron chi connectivity index (χ2n) is 5.98. The second-order valence-corrected chi connectivity index (χ2v) is 5.98. The average Bonchev–Trinajstić information content (AvgIpc) is 2.24. The molecule has 2 fully saturated rings. The number of nitrogens with zero attached hydrogens (tertiary/aromatic N) is 2. The van der Waals surface area contributed by atoms with Crippen LogP contribution in [0.3, 0.4) is 0 Å². The fraction of sp³-hybridized carbons (Fsp3) is 0.786. The van der Waals surface area contributed by atoms with Gasteiger partial charge in [-0.1, -0.05) is 0 Å². The summed E-state index contributed by atoms with van der Waals surface area (Å²) in [4.78, 5) is 15.7. The minimum Gasteiger partial charge on any atom is -0.370 e. The van der Waals surface area contributed by atoms with Crippen molar-refractivity contribution in [1.29, 1.82) is 0 Å². The van der Waals surface area contributed by atoms with Crippen LogP contribution in [0.1, 0.15) is 33.1 Å². The number of hydrogen-bond donors (Lipinski definition) is 1. The normalized spacial score (nSPS) is 21.5. The predicted octanol–water partition coefficient (Wildman–Crippen LogP) is 1.20. The highest BCUT2D eigenvalue weighted by atomic mass is 16.1. The molecule has 102 valence electrons. The molecule has 4 heteroatoms. The molecule has 0 bridgehead atoms. The first kappa shape index (κ1) is 13.4. The lowest BCUT2D eigenvalue weighted by molar-refractivity contribution is -0.110. The molecule has 1 heterocycles. The number of likely N-dealkylation sites (N-methyl/N-ethyl adjacent to an activating group) is 1. The molecule has 0 atom stereocenters. The molecule has 2 rings (SSSR count). The fourth-order valence-corrected chi connectivity index (χ4v) is 2.90. The van der Waals surface area contributed by atoms with Crippen molar-refractivity contribution in [2.45, 2.75) is 38.6 Å². The van der Waals surface area contributed by atoms with Gasteiger partial charge in [-0.15, -0.1) is 0 Å². The van der Waals surface area contributed by atoms with Crippen LogP contribution >= 0.6 is 0 Å². The minimum atomic E-state index is -0.243. The molecular weight excluding hydrogens is 226 g/mol. The van der Waals surface area contributed by atoms with Gasteiger partial charge in [-0.25, -0.2) is 0 Å². The zero-order valence-corrected chi connectivity index (χ0v) is 11.8. The van der Waals surface area contributed by atoms with Gasteiger partial charge in [0.15, 0.2) is 0 Å². The molecule has 4 nitrogen and oxygen atoms in total. The third kappa shape index (κ3) is 2.69. The number of nitrogens with one attached hydrogen (secondary N) is 1. The molecule has 1 N–H and O–H groups in total. The maximum Gasteiger partial charge on any atom is 0.207 e. The number of carbonyl (C=O) groups excluding carboxylic acids is 1. The van der Waals surface area contributed by atoms with E-state index in [0.29, 0.717) is 0 Å². The third-order valence-electron chi connectivity index (χ3n) is 4.12. The molecule has 1 aliphatic carbocycles. The molecule has 0 radical (unpaired) electrons. The molecular formula is C14H25N3O. The summed E-state index contributed by atoms with van der Waals surface area (Å²) in [7, 11) is 2.17. The first-order chi connectivity index (χ1) is 8.54. The quantitative estimate of drug-likeness (QED) is 0.763. The van der Waals surface area contributed by atoms with Crippen molar-refractivity contribution in [1.82, 2.24) is 15.1 Å². The first-order valence-electron chi connectivity index (χ1n) is 6.92. The van der Waals surface area contributed by atoms with E-state index in [0.717, 1.165) is 32.6 Å². The topological polar surface area (TPSA) is 35.6 Å². The highest BCUT2D eigenvalue weighted by Gasteiger charge is 2.33. The summed E-state index contributed by atoms with van der Waals surface area (Å²) in [5.41, 5.74) is 2.67. The molecule has 0 aromatic heterocycles. The molecule has 1 aliphatic heterocycles. The Labute approximate surface area is 110 Å². The average molecular weight is 251 g/mol. The summed E-state index contributed by atoms with van der Waals surface area (Å²) in [6, 6.07) is 0. The summed E-state index contributed by atoms with van der Waals surface area (Å²) in [6.07, 6.45) is 4.52. The van der Waals surface area contributed by atoms with Crippen LogP contribution in [0.15, 0.2) is 11.3 Å². The molecule has 0 spiro atoms. The van der Waals surface area contributed by atoms with Crippen molar-refractivity contribution in [3.63, 3.8) is 0 Å².